The molecule has 1 aliphatic heterocycles. The summed E-state index contributed by atoms with van der Waals surface area (Å²) >= 11 is 10.0. The van der Waals surface area contributed by atoms with Crippen LogP contribution >= 0.6 is 39.9 Å². The summed E-state index contributed by atoms with van der Waals surface area (Å²) < 4.78 is 6.62. The van der Waals surface area contributed by atoms with Gasteiger partial charge < -0.3 is 10.1 Å². The fraction of sp³-hybridized carbons (Fsp3) is 0.190. The number of nitrogens with one attached hydrogen (secondary N) is 1. The summed E-state index contributed by atoms with van der Waals surface area (Å²) in [5, 5.41) is 2.85. The number of benzene rings is 2. The maximum Gasteiger partial charge on any atom is 0.266 e. The van der Waals surface area contributed by atoms with Gasteiger partial charge in [0.1, 0.15) is 10.1 Å². The quantitative estimate of drug-likeness (QED) is 0.433. The third-order valence-corrected chi connectivity index (χ3v) is 6.03. The minimum absolute atomic E-state index is 0.0968. The summed E-state index contributed by atoms with van der Waals surface area (Å²) in [4.78, 5) is 27.0. The molecular formula is C21H19BrN2O3S2. The second-order valence-electron chi connectivity index (χ2n) is 6.27. The summed E-state index contributed by atoms with van der Waals surface area (Å²) in [5.74, 6) is 0.501. The highest BCUT2D eigenvalue weighted by atomic mass is 79.9. The molecule has 1 fully saturated rings. The molecule has 2 aromatic rings. The van der Waals surface area contributed by atoms with Crippen LogP contribution in [0.15, 0.2) is 57.9 Å². The van der Waals surface area contributed by atoms with E-state index in [0.29, 0.717) is 28.6 Å². The van der Waals surface area contributed by atoms with E-state index in [1.807, 2.05) is 54.6 Å². The Labute approximate surface area is 187 Å². The molecule has 0 atom stereocenters. The van der Waals surface area contributed by atoms with Crippen LogP contribution in [0, 0.1) is 0 Å². The van der Waals surface area contributed by atoms with Gasteiger partial charge in [0.15, 0.2) is 0 Å². The van der Waals surface area contributed by atoms with Crippen LogP contribution in [0.4, 0.5) is 5.69 Å². The molecule has 0 radical (unpaired) electrons. The van der Waals surface area contributed by atoms with Crippen LogP contribution in [0.1, 0.15) is 18.4 Å². The van der Waals surface area contributed by atoms with E-state index >= 15 is 0 Å². The monoisotopic (exact) mass is 490 g/mol. The maximum absolute atomic E-state index is 12.7. The molecule has 2 aromatic carbocycles. The summed E-state index contributed by atoms with van der Waals surface area (Å²) in [6, 6.07) is 14.9. The van der Waals surface area contributed by atoms with Crippen molar-refractivity contribution in [1.29, 1.82) is 0 Å². The van der Waals surface area contributed by atoms with Gasteiger partial charge in [0.05, 0.1) is 12.0 Å². The number of hydrogen-bond acceptors (Lipinski definition) is 5. The first-order valence-electron chi connectivity index (χ1n) is 8.91. The lowest BCUT2D eigenvalue weighted by Crippen LogP contribution is -2.29. The van der Waals surface area contributed by atoms with Crippen LogP contribution in [-0.2, 0) is 9.59 Å². The second-order valence-corrected chi connectivity index (χ2v) is 8.86. The van der Waals surface area contributed by atoms with Crippen molar-refractivity contribution < 1.29 is 14.3 Å². The molecule has 1 aliphatic rings. The third-order valence-electron chi connectivity index (χ3n) is 4.16. The molecule has 29 heavy (non-hydrogen) atoms. The number of thioether (sulfide) groups is 1. The molecule has 8 heteroatoms. The molecule has 0 aromatic heterocycles. The van der Waals surface area contributed by atoms with Crippen molar-refractivity contribution in [3.63, 3.8) is 0 Å². The molecule has 0 bridgehead atoms. The molecule has 150 valence electrons. The van der Waals surface area contributed by atoms with E-state index in [4.69, 9.17) is 17.0 Å². The largest absolute Gasteiger partial charge is 0.497 e. The third kappa shape index (κ3) is 5.91. The van der Waals surface area contributed by atoms with Gasteiger partial charge in [-0.2, -0.15) is 0 Å². The highest BCUT2D eigenvalue weighted by molar-refractivity contribution is 9.10. The lowest BCUT2D eigenvalue weighted by atomic mass is 10.2. The second kappa shape index (κ2) is 10.0. The first kappa shape index (κ1) is 21.5. The van der Waals surface area contributed by atoms with Crippen molar-refractivity contribution in [3.05, 3.63) is 63.5 Å². The number of amides is 2. The van der Waals surface area contributed by atoms with Crippen LogP contribution in [-0.4, -0.2) is 34.7 Å². The van der Waals surface area contributed by atoms with Gasteiger partial charge in [-0.05, 0) is 48.4 Å². The first-order valence-corrected chi connectivity index (χ1v) is 10.9. The molecule has 0 aliphatic carbocycles. The Morgan fingerprint density at radius 3 is 2.83 bits per heavy atom. The SMILES string of the molecule is COc1cccc(C=C2SC(=S)N(CCCC(=O)Nc3cccc(Br)c3)C2=O)c1. The molecule has 0 unspecified atom stereocenters. The number of thiocarbonyl (C=S) groups is 1. The van der Waals surface area contributed by atoms with Crippen molar-refractivity contribution in [2.75, 3.05) is 19.0 Å². The topological polar surface area (TPSA) is 58.6 Å². The summed E-state index contributed by atoms with van der Waals surface area (Å²) in [5.41, 5.74) is 1.61. The predicted molar refractivity (Wildman–Crippen MR) is 125 cm³/mol. The molecule has 0 spiro atoms. The van der Waals surface area contributed by atoms with Gasteiger partial charge in [0.25, 0.3) is 5.91 Å². The van der Waals surface area contributed by atoms with Gasteiger partial charge in [-0.3, -0.25) is 14.5 Å². The zero-order valence-corrected chi connectivity index (χ0v) is 18.9. The van der Waals surface area contributed by atoms with E-state index in [1.165, 1.54) is 11.8 Å². The zero-order valence-electron chi connectivity index (χ0n) is 15.7. The van der Waals surface area contributed by atoms with Crippen molar-refractivity contribution in [3.8, 4) is 5.75 Å². The number of nitrogens with zero attached hydrogens (tertiary/aromatic N) is 1. The molecular weight excluding hydrogens is 472 g/mol. The number of ether oxygens (including phenoxy) is 1. The molecule has 5 nitrogen and oxygen atoms in total. The van der Waals surface area contributed by atoms with E-state index in [9.17, 15) is 9.59 Å². The van der Waals surface area contributed by atoms with E-state index in [1.54, 1.807) is 12.0 Å². The number of halogens is 1. The molecule has 1 saturated heterocycles. The van der Waals surface area contributed by atoms with Crippen molar-refractivity contribution in [1.82, 2.24) is 4.90 Å². The van der Waals surface area contributed by atoms with Gasteiger partial charge in [-0.1, -0.05) is 58.1 Å². The number of methoxy groups -OCH3 is 1. The van der Waals surface area contributed by atoms with Crippen molar-refractivity contribution in [2.24, 2.45) is 0 Å². The first-order chi connectivity index (χ1) is 14.0. The molecule has 1 N–H and O–H groups in total. The fourth-order valence-electron chi connectivity index (χ4n) is 2.76. The number of anilines is 1. The van der Waals surface area contributed by atoms with E-state index in [-0.39, 0.29) is 11.8 Å². The Balaban J connectivity index is 1.54. The molecule has 3 rings (SSSR count). The fourth-order valence-corrected chi connectivity index (χ4v) is 4.47. The highest BCUT2D eigenvalue weighted by Crippen LogP contribution is 2.33. The highest BCUT2D eigenvalue weighted by Gasteiger charge is 2.31. The number of hydrogen-bond donors (Lipinski definition) is 1. The summed E-state index contributed by atoms with van der Waals surface area (Å²) in [7, 11) is 1.60. The van der Waals surface area contributed by atoms with Crippen LogP contribution in [0.2, 0.25) is 0 Å². The van der Waals surface area contributed by atoms with Gasteiger partial charge in [0.2, 0.25) is 5.91 Å². The lowest BCUT2D eigenvalue weighted by Gasteiger charge is -2.14. The lowest BCUT2D eigenvalue weighted by molar-refractivity contribution is -0.122. The maximum atomic E-state index is 12.7. The van der Waals surface area contributed by atoms with Crippen molar-refractivity contribution in [2.45, 2.75) is 12.8 Å². The Morgan fingerprint density at radius 2 is 2.07 bits per heavy atom. The average molecular weight is 491 g/mol. The average Bonchev–Trinajstić information content (AvgIpc) is 2.95. The molecule has 0 saturated carbocycles. The van der Waals surface area contributed by atoms with Crippen LogP contribution in [0.25, 0.3) is 6.08 Å². The number of carbonyl (C=O) groups is 2. The van der Waals surface area contributed by atoms with Gasteiger partial charge >= 0.3 is 0 Å². The van der Waals surface area contributed by atoms with Gasteiger partial charge in [-0.15, -0.1) is 0 Å². The van der Waals surface area contributed by atoms with Gasteiger partial charge in [0, 0.05) is 23.1 Å². The van der Waals surface area contributed by atoms with Gasteiger partial charge in [-0.25, -0.2) is 0 Å². The minimum Gasteiger partial charge on any atom is -0.497 e. The number of rotatable bonds is 7. The Bertz CT molecular complexity index is 978. The normalized spacial score (nSPS) is 15.1. The van der Waals surface area contributed by atoms with Crippen molar-refractivity contribution >= 4 is 67.8 Å². The Hall–Kier alpha value is -2.16. The number of carbonyl (C=O) groups excluding carboxylic acids is 2. The van der Waals surface area contributed by atoms with E-state index in [2.05, 4.69) is 21.2 Å². The predicted octanol–water partition coefficient (Wildman–Crippen LogP) is 5.08. The smallest absolute Gasteiger partial charge is 0.266 e. The standard InChI is InChI=1S/C21H19BrN2O3S2/c1-27-17-8-2-5-14(11-17)12-18-20(26)24(21(28)29-18)10-4-9-19(25)23-16-7-3-6-15(22)13-16/h2-3,5-8,11-13H,4,9-10H2,1H3,(H,23,25). The van der Waals surface area contributed by atoms with E-state index in [0.717, 1.165) is 21.5 Å². The van der Waals surface area contributed by atoms with E-state index < -0.39 is 0 Å². The van der Waals surface area contributed by atoms with Crippen LogP contribution < -0.4 is 10.1 Å². The van der Waals surface area contributed by atoms with Crippen LogP contribution in [0.3, 0.4) is 0 Å². The Kier molecular flexibility index (Phi) is 7.46. The van der Waals surface area contributed by atoms with Crippen LogP contribution in [0.5, 0.6) is 5.75 Å². The molecule has 1 heterocycles. The minimum atomic E-state index is -0.129. The molecule has 2 amide bonds. The Morgan fingerprint density at radius 1 is 1.28 bits per heavy atom. The zero-order chi connectivity index (χ0) is 20.8. The summed E-state index contributed by atoms with van der Waals surface area (Å²) in [6.45, 7) is 0.409. The summed E-state index contributed by atoms with van der Waals surface area (Å²) in [6.07, 6.45) is 2.64.